The summed E-state index contributed by atoms with van der Waals surface area (Å²) >= 11 is 0. The Balaban J connectivity index is 2.59. The third kappa shape index (κ3) is 1.68. The molecule has 0 atom stereocenters. The third-order valence-corrected chi connectivity index (χ3v) is 2.65. The number of hydrogen-bond acceptors (Lipinski definition) is 4. The molecule has 1 fully saturated rings. The van der Waals surface area contributed by atoms with E-state index in [0.717, 1.165) is 18.4 Å². The van der Waals surface area contributed by atoms with Crippen molar-refractivity contribution in [2.75, 3.05) is 14.2 Å². The van der Waals surface area contributed by atoms with Crippen LogP contribution in [0.3, 0.4) is 0 Å². The monoisotopic (exact) mass is 223 g/mol. The van der Waals surface area contributed by atoms with Gasteiger partial charge < -0.3 is 14.6 Å². The van der Waals surface area contributed by atoms with Crippen LogP contribution in [0.1, 0.15) is 34.8 Å². The predicted molar refractivity (Wildman–Crippen MR) is 56.3 cm³/mol. The van der Waals surface area contributed by atoms with Crippen LogP contribution in [0.5, 0.6) is 11.5 Å². The molecule has 1 aromatic rings. The molecule has 1 N–H and O–H groups in total. The fourth-order valence-corrected chi connectivity index (χ4v) is 1.77. The van der Waals surface area contributed by atoms with Crippen LogP contribution in [0.15, 0.2) is 6.20 Å². The Labute approximate surface area is 93.0 Å². The molecule has 0 saturated heterocycles. The fraction of sp³-hybridized carbons (Fsp3) is 0.455. The molecular weight excluding hydrogens is 210 g/mol. The van der Waals surface area contributed by atoms with E-state index in [1.54, 1.807) is 7.11 Å². The van der Waals surface area contributed by atoms with Gasteiger partial charge in [-0.3, -0.25) is 0 Å². The molecule has 0 aliphatic heterocycles. The van der Waals surface area contributed by atoms with E-state index in [4.69, 9.17) is 14.6 Å². The smallest absolute Gasteiger partial charge is 0.358 e. The number of carbonyl (C=O) groups is 1. The molecule has 0 radical (unpaired) electrons. The minimum Gasteiger partial charge on any atom is -0.495 e. The maximum Gasteiger partial charge on any atom is 0.358 e. The lowest BCUT2D eigenvalue weighted by Gasteiger charge is -2.13. The van der Waals surface area contributed by atoms with Crippen LogP contribution in [-0.4, -0.2) is 30.3 Å². The lowest BCUT2D eigenvalue weighted by molar-refractivity contribution is 0.0686. The van der Waals surface area contributed by atoms with Crippen molar-refractivity contribution in [1.29, 1.82) is 0 Å². The van der Waals surface area contributed by atoms with Gasteiger partial charge in [-0.15, -0.1) is 0 Å². The molecule has 2 rings (SSSR count). The highest BCUT2D eigenvalue weighted by Crippen LogP contribution is 2.49. The molecule has 1 aromatic heterocycles. The minimum atomic E-state index is -1.08. The van der Waals surface area contributed by atoms with Crippen LogP contribution in [-0.2, 0) is 0 Å². The Morgan fingerprint density at radius 1 is 1.44 bits per heavy atom. The first-order chi connectivity index (χ1) is 7.69. The van der Waals surface area contributed by atoms with Gasteiger partial charge in [0.25, 0.3) is 0 Å². The largest absolute Gasteiger partial charge is 0.495 e. The number of rotatable bonds is 4. The second-order valence-electron chi connectivity index (χ2n) is 3.70. The van der Waals surface area contributed by atoms with Crippen LogP contribution in [0.25, 0.3) is 0 Å². The average Bonchev–Trinajstić information content (AvgIpc) is 3.10. The second kappa shape index (κ2) is 4.00. The van der Waals surface area contributed by atoms with E-state index in [-0.39, 0.29) is 5.69 Å². The van der Waals surface area contributed by atoms with Crippen LogP contribution in [0, 0.1) is 0 Å². The maximum absolute atomic E-state index is 11.0. The van der Waals surface area contributed by atoms with Gasteiger partial charge in [-0.2, -0.15) is 0 Å². The molecule has 16 heavy (non-hydrogen) atoms. The van der Waals surface area contributed by atoms with Gasteiger partial charge in [0.2, 0.25) is 0 Å². The van der Waals surface area contributed by atoms with Crippen molar-refractivity contribution < 1.29 is 19.4 Å². The van der Waals surface area contributed by atoms with E-state index in [1.807, 2.05) is 0 Å². The number of aromatic carboxylic acids is 1. The Morgan fingerprint density at radius 2 is 2.12 bits per heavy atom. The van der Waals surface area contributed by atoms with Crippen molar-refractivity contribution in [3.8, 4) is 11.5 Å². The van der Waals surface area contributed by atoms with Crippen molar-refractivity contribution in [3.63, 3.8) is 0 Å². The van der Waals surface area contributed by atoms with Crippen molar-refractivity contribution in [3.05, 3.63) is 17.5 Å². The molecule has 86 valence electrons. The highest BCUT2D eigenvalue weighted by atomic mass is 16.5. The van der Waals surface area contributed by atoms with E-state index < -0.39 is 5.97 Å². The zero-order valence-electron chi connectivity index (χ0n) is 9.19. The molecule has 1 aliphatic carbocycles. The molecule has 1 saturated carbocycles. The molecule has 0 aromatic carbocycles. The van der Waals surface area contributed by atoms with Gasteiger partial charge in [0.15, 0.2) is 11.4 Å². The lowest BCUT2D eigenvalue weighted by atomic mass is 10.1. The number of carboxylic acids is 1. The SMILES string of the molecule is COc1cnc(C(=O)O)c(OC)c1C1CC1. The van der Waals surface area contributed by atoms with E-state index >= 15 is 0 Å². The van der Waals surface area contributed by atoms with E-state index in [1.165, 1.54) is 13.3 Å². The van der Waals surface area contributed by atoms with Crippen LogP contribution in [0.4, 0.5) is 0 Å². The lowest BCUT2D eigenvalue weighted by Crippen LogP contribution is -2.07. The van der Waals surface area contributed by atoms with Gasteiger partial charge in [0.1, 0.15) is 5.75 Å². The summed E-state index contributed by atoms with van der Waals surface area (Å²) in [4.78, 5) is 14.8. The maximum atomic E-state index is 11.0. The number of hydrogen-bond donors (Lipinski definition) is 1. The number of carboxylic acid groups (broad SMARTS) is 1. The zero-order valence-corrected chi connectivity index (χ0v) is 9.19. The summed E-state index contributed by atoms with van der Waals surface area (Å²) in [6, 6.07) is 0. The Bertz CT molecular complexity index is 426. The highest BCUT2D eigenvalue weighted by Gasteiger charge is 2.33. The zero-order chi connectivity index (χ0) is 11.7. The fourth-order valence-electron chi connectivity index (χ4n) is 1.77. The molecule has 5 heteroatoms. The van der Waals surface area contributed by atoms with Crippen molar-refractivity contribution in [2.45, 2.75) is 18.8 Å². The first kappa shape index (κ1) is 10.7. The van der Waals surface area contributed by atoms with E-state index in [9.17, 15) is 4.79 Å². The molecule has 1 aliphatic rings. The van der Waals surface area contributed by atoms with Crippen LogP contribution in [0.2, 0.25) is 0 Å². The normalized spacial score (nSPS) is 14.6. The van der Waals surface area contributed by atoms with Gasteiger partial charge in [-0.25, -0.2) is 9.78 Å². The number of aromatic nitrogens is 1. The van der Waals surface area contributed by atoms with Crippen LogP contribution >= 0.6 is 0 Å². The molecule has 0 unspecified atom stereocenters. The van der Waals surface area contributed by atoms with Gasteiger partial charge in [-0.05, 0) is 18.8 Å². The summed E-state index contributed by atoms with van der Waals surface area (Å²) in [7, 11) is 3.00. The molecule has 0 amide bonds. The Hall–Kier alpha value is -1.78. The van der Waals surface area contributed by atoms with Crippen molar-refractivity contribution in [2.24, 2.45) is 0 Å². The van der Waals surface area contributed by atoms with Gasteiger partial charge in [0, 0.05) is 5.56 Å². The quantitative estimate of drug-likeness (QED) is 0.840. The summed E-state index contributed by atoms with van der Waals surface area (Å²) in [5, 5.41) is 9.00. The summed E-state index contributed by atoms with van der Waals surface area (Å²) in [6.07, 6.45) is 3.52. The molecule has 0 bridgehead atoms. The first-order valence-corrected chi connectivity index (χ1v) is 5.03. The first-order valence-electron chi connectivity index (χ1n) is 5.03. The number of pyridine rings is 1. The van der Waals surface area contributed by atoms with Gasteiger partial charge in [0.05, 0.1) is 20.4 Å². The molecule has 5 nitrogen and oxygen atoms in total. The summed E-state index contributed by atoms with van der Waals surface area (Å²) < 4.78 is 10.3. The molecule has 1 heterocycles. The minimum absolute atomic E-state index is 0.0507. The summed E-state index contributed by atoms with van der Waals surface area (Å²) in [5.41, 5.74) is 0.780. The second-order valence-corrected chi connectivity index (χ2v) is 3.70. The number of methoxy groups -OCH3 is 2. The standard InChI is InChI=1S/C11H13NO4/c1-15-7-5-12-9(11(13)14)10(16-2)8(7)6-3-4-6/h5-6H,3-4H2,1-2H3,(H,13,14). The number of ether oxygens (including phenoxy) is 2. The Morgan fingerprint density at radius 3 is 2.56 bits per heavy atom. The van der Waals surface area contributed by atoms with Crippen molar-refractivity contribution in [1.82, 2.24) is 4.98 Å². The number of nitrogens with zero attached hydrogens (tertiary/aromatic N) is 1. The Kier molecular flexibility index (Phi) is 2.68. The van der Waals surface area contributed by atoms with Gasteiger partial charge >= 0.3 is 5.97 Å². The molecular formula is C11H13NO4. The van der Waals surface area contributed by atoms with E-state index in [0.29, 0.717) is 17.4 Å². The van der Waals surface area contributed by atoms with Crippen LogP contribution < -0.4 is 9.47 Å². The van der Waals surface area contributed by atoms with E-state index in [2.05, 4.69) is 4.98 Å². The highest BCUT2D eigenvalue weighted by molar-refractivity contribution is 5.89. The topological polar surface area (TPSA) is 68.7 Å². The molecule has 0 spiro atoms. The summed E-state index contributed by atoms with van der Waals surface area (Å²) in [6.45, 7) is 0. The summed E-state index contributed by atoms with van der Waals surface area (Å²) in [5.74, 6) is 0.186. The van der Waals surface area contributed by atoms with Gasteiger partial charge in [-0.1, -0.05) is 0 Å². The van der Waals surface area contributed by atoms with Crippen molar-refractivity contribution >= 4 is 5.97 Å². The average molecular weight is 223 g/mol. The third-order valence-electron chi connectivity index (χ3n) is 2.65. The predicted octanol–water partition coefficient (Wildman–Crippen LogP) is 1.67.